The molecule has 2 amide bonds. The molecule has 1 heterocycles. The van der Waals surface area contributed by atoms with Gasteiger partial charge in [-0.15, -0.1) is 0 Å². The van der Waals surface area contributed by atoms with Gasteiger partial charge in [0.25, 0.3) is 6.47 Å². The number of carbonyl (C=O) groups excluding carboxylic acids is 2. The highest BCUT2D eigenvalue weighted by Gasteiger charge is 2.30. The van der Waals surface area contributed by atoms with E-state index in [1.165, 1.54) is 17.0 Å². The molecule has 0 spiro atoms. The summed E-state index contributed by atoms with van der Waals surface area (Å²) in [7, 11) is 0. The van der Waals surface area contributed by atoms with E-state index in [-0.39, 0.29) is 11.8 Å². The van der Waals surface area contributed by atoms with Crippen LogP contribution < -0.4 is 14.5 Å². The van der Waals surface area contributed by atoms with Crippen LogP contribution in [0.3, 0.4) is 0 Å². The van der Waals surface area contributed by atoms with E-state index in [2.05, 4.69) is 0 Å². The first-order valence-electron chi connectivity index (χ1n) is 6.74. The minimum atomic E-state index is -0.384. The van der Waals surface area contributed by atoms with Gasteiger partial charge in [0.1, 0.15) is 11.6 Å². The first-order valence-corrected chi connectivity index (χ1v) is 6.74. The molecule has 22 heavy (non-hydrogen) atoms. The summed E-state index contributed by atoms with van der Waals surface area (Å²) in [5.74, 6) is -0.0189. The molecule has 0 aromatic heterocycles. The Balaban J connectivity index is 1.84. The maximum absolute atomic E-state index is 13.3. The fourth-order valence-electron chi connectivity index (χ4n) is 2.44. The van der Waals surface area contributed by atoms with E-state index in [0.717, 1.165) is 0 Å². The van der Waals surface area contributed by atoms with E-state index in [0.29, 0.717) is 36.7 Å². The van der Waals surface area contributed by atoms with Crippen LogP contribution in [0, 0.1) is 5.82 Å². The van der Waals surface area contributed by atoms with Crippen LogP contribution in [0.4, 0.5) is 20.6 Å². The van der Waals surface area contributed by atoms with Crippen LogP contribution in [-0.4, -0.2) is 25.6 Å². The number of urea groups is 1. The van der Waals surface area contributed by atoms with E-state index in [1.807, 2.05) is 0 Å². The molecule has 0 atom stereocenters. The summed E-state index contributed by atoms with van der Waals surface area (Å²) in [5.41, 5.74) is 1.15. The lowest BCUT2D eigenvalue weighted by molar-refractivity contribution is -0.120. The summed E-state index contributed by atoms with van der Waals surface area (Å²) in [6, 6.07) is 12.4. The number of hydrogen-bond acceptors (Lipinski definition) is 3. The zero-order valence-corrected chi connectivity index (χ0v) is 11.6. The smallest absolute Gasteiger partial charge is 0.329 e. The molecule has 2 aromatic rings. The molecule has 1 fully saturated rings. The number of nitrogens with zero attached hydrogens (tertiary/aromatic N) is 2. The van der Waals surface area contributed by atoms with Gasteiger partial charge in [0.05, 0.1) is 0 Å². The Hall–Kier alpha value is -2.89. The molecule has 0 N–H and O–H groups in total. The van der Waals surface area contributed by atoms with Gasteiger partial charge in [-0.25, -0.2) is 9.18 Å². The van der Waals surface area contributed by atoms with Crippen molar-refractivity contribution in [1.82, 2.24) is 0 Å². The minimum absolute atomic E-state index is 0.242. The van der Waals surface area contributed by atoms with Crippen molar-refractivity contribution in [2.45, 2.75) is 0 Å². The first kappa shape index (κ1) is 14.1. The monoisotopic (exact) mass is 300 g/mol. The average Bonchev–Trinajstić information content (AvgIpc) is 2.90. The summed E-state index contributed by atoms with van der Waals surface area (Å²) in [4.78, 5) is 26.0. The Bertz CT molecular complexity index is 720. The van der Waals surface area contributed by atoms with Crippen molar-refractivity contribution in [3.63, 3.8) is 0 Å². The second-order valence-electron chi connectivity index (χ2n) is 4.78. The third-order valence-corrected chi connectivity index (χ3v) is 3.44. The Morgan fingerprint density at radius 3 is 2.27 bits per heavy atom. The van der Waals surface area contributed by atoms with Gasteiger partial charge in [-0.1, -0.05) is 12.1 Å². The molecule has 112 valence electrons. The van der Waals surface area contributed by atoms with Gasteiger partial charge in [0.15, 0.2) is 0 Å². The third kappa shape index (κ3) is 2.63. The number of hydrogen-bond donors (Lipinski definition) is 0. The standard InChI is InChI=1S/C16H13FN2O3/c17-12-3-1-4-13(9-12)18-7-8-19(16(18)21)14-5-2-6-15(10-14)22-11-20/h1-6,9-11H,7-8H2. The van der Waals surface area contributed by atoms with Crippen molar-refractivity contribution >= 4 is 23.9 Å². The molecule has 2 aromatic carbocycles. The van der Waals surface area contributed by atoms with Crippen molar-refractivity contribution in [2.24, 2.45) is 0 Å². The fourth-order valence-corrected chi connectivity index (χ4v) is 2.44. The quantitative estimate of drug-likeness (QED) is 0.816. The zero-order chi connectivity index (χ0) is 15.5. The maximum atomic E-state index is 13.3. The van der Waals surface area contributed by atoms with E-state index in [9.17, 15) is 14.0 Å². The summed E-state index contributed by atoms with van der Waals surface area (Å²) in [5, 5.41) is 0. The predicted octanol–water partition coefficient (Wildman–Crippen LogP) is 2.81. The molecular formula is C16H13FN2O3. The number of halogens is 1. The molecule has 1 aliphatic rings. The summed E-state index contributed by atoms with van der Waals surface area (Å²) >= 11 is 0. The lowest BCUT2D eigenvalue weighted by Crippen LogP contribution is -2.31. The molecule has 0 saturated carbocycles. The van der Waals surface area contributed by atoms with Crippen LogP contribution in [0.15, 0.2) is 48.5 Å². The van der Waals surface area contributed by atoms with Gasteiger partial charge < -0.3 is 4.74 Å². The van der Waals surface area contributed by atoms with Crippen molar-refractivity contribution < 1.29 is 18.7 Å². The Labute approximate surface area is 126 Å². The molecule has 1 aliphatic heterocycles. The molecule has 6 heteroatoms. The molecule has 0 unspecified atom stereocenters. The lowest BCUT2D eigenvalue weighted by Gasteiger charge is -2.19. The molecule has 5 nitrogen and oxygen atoms in total. The highest BCUT2D eigenvalue weighted by molar-refractivity contribution is 6.06. The fraction of sp³-hybridized carbons (Fsp3) is 0.125. The van der Waals surface area contributed by atoms with E-state index in [1.54, 1.807) is 41.3 Å². The van der Waals surface area contributed by atoms with Crippen LogP contribution in [0.5, 0.6) is 5.75 Å². The van der Waals surface area contributed by atoms with Crippen LogP contribution in [0.25, 0.3) is 0 Å². The minimum Gasteiger partial charge on any atom is -0.429 e. The molecule has 0 radical (unpaired) electrons. The second kappa shape index (κ2) is 5.85. The highest BCUT2D eigenvalue weighted by atomic mass is 19.1. The van der Waals surface area contributed by atoms with Gasteiger partial charge >= 0.3 is 6.03 Å². The van der Waals surface area contributed by atoms with E-state index < -0.39 is 0 Å². The number of ether oxygens (including phenoxy) is 1. The molecule has 0 aliphatic carbocycles. The SMILES string of the molecule is O=COc1cccc(N2CCN(c3cccc(F)c3)C2=O)c1. The number of rotatable bonds is 4. The number of amides is 2. The van der Waals surface area contributed by atoms with Crippen LogP contribution in [0.1, 0.15) is 0 Å². The summed E-state index contributed by atoms with van der Waals surface area (Å²) in [6.07, 6.45) is 0. The molecular weight excluding hydrogens is 287 g/mol. The van der Waals surface area contributed by atoms with Gasteiger partial charge in [-0.3, -0.25) is 14.6 Å². The molecule has 1 saturated heterocycles. The van der Waals surface area contributed by atoms with E-state index in [4.69, 9.17) is 4.74 Å². The number of carbonyl (C=O) groups is 2. The van der Waals surface area contributed by atoms with Crippen molar-refractivity contribution in [2.75, 3.05) is 22.9 Å². The van der Waals surface area contributed by atoms with Crippen molar-refractivity contribution in [1.29, 1.82) is 0 Å². The topological polar surface area (TPSA) is 49.9 Å². The number of benzene rings is 2. The van der Waals surface area contributed by atoms with Gasteiger partial charge in [-0.2, -0.15) is 0 Å². The largest absolute Gasteiger partial charge is 0.429 e. The van der Waals surface area contributed by atoms with E-state index >= 15 is 0 Å². The van der Waals surface area contributed by atoms with Gasteiger partial charge in [-0.05, 0) is 30.3 Å². The number of anilines is 2. The van der Waals surface area contributed by atoms with Crippen LogP contribution in [-0.2, 0) is 4.79 Å². The second-order valence-corrected chi connectivity index (χ2v) is 4.78. The van der Waals surface area contributed by atoms with Gasteiger partial charge in [0.2, 0.25) is 0 Å². The van der Waals surface area contributed by atoms with Crippen LogP contribution >= 0.6 is 0 Å². The van der Waals surface area contributed by atoms with Gasteiger partial charge in [0, 0.05) is 30.5 Å². The predicted molar refractivity (Wildman–Crippen MR) is 79.6 cm³/mol. The zero-order valence-electron chi connectivity index (χ0n) is 11.6. The van der Waals surface area contributed by atoms with Crippen LogP contribution in [0.2, 0.25) is 0 Å². The highest BCUT2D eigenvalue weighted by Crippen LogP contribution is 2.27. The normalized spacial score (nSPS) is 14.3. The Kier molecular flexibility index (Phi) is 3.74. The molecule has 3 rings (SSSR count). The first-order chi connectivity index (χ1) is 10.7. The lowest BCUT2D eigenvalue weighted by atomic mass is 10.3. The third-order valence-electron chi connectivity index (χ3n) is 3.44. The summed E-state index contributed by atoms with van der Waals surface area (Å²) in [6.45, 7) is 1.27. The van der Waals surface area contributed by atoms with Crippen molar-refractivity contribution in [3.05, 3.63) is 54.3 Å². The van der Waals surface area contributed by atoms with Crippen molar-refractivity contribution in [3.8, 4) is 5.75 Å². The maximum Gasteiger partial charge on any atom is 0.329 e. The Morgan fingerprint density at radius 1 is 1.00 bits per heavy atom. The Morgan fingerprint density at radius 2 is 1.64 bits per heavy atom. The average molecular weight is 300 g/mol. The summed E-state index contributed by atoms with van der Waals surface area (Å²) < 4.78 is 18.1. The molecule has 0 bridgehead atoms.